The van der Waals surface area contributed by atoms with Crippen LogP contribution in [0.4, 0.5) is 4.79 Å². The highest BCUT2D eigenvalue weighted by atomic mass is 32.2. The lowest BCUT2D eigenvalue weighted by atomic mass is 10.2. The first-order chi connectivity index (χ1) is 8.90. The zero-order valence-corrected chi connectivity index (χ0v) is 12.2. The van der Waals surface area contributed by atoms with Crippen LogP contribution in [0, 0.1) is 0 Å². The smallest absolute Gasteiger partial charge is 0.323 e. The van der Waals surface area contributed by atoms with Crippen LogP contribution in [0.2, 0.25) is 0 Å². The first kappa shape index (κ1) is 15.9. The van der Waals surface area contributed by atoms with Gasteiger partial charge in [-0.3, -0.25) is 9.00 Å². The summed E-state index contributed by atoms with van der Waals surface area (Å²) in [6.07, 6.45) is 5.35. The SMILES string of the molecule is CC(CS(C)=O)NC(=O)N(CC(=O)O)C1CCCC1. The lowest BCUT2D eigenvalue weighted by Gasteiger charge is -2.28. The summed E-state index contributed by atoms with van der Waals surface area (Å²) in [4.78, 5) is 24.4. The Morgan fingerprint density at radius 1 is 1.42 bits per heavy atom. The lowest BCUT2D eigenvalue weighted by Crippen LogP contribution is -2.50. The Morgan fingerprint density at radius 3 is 2.47 bits per heavy atom. The standard InChI is InChI=1S/C12H22N2O4S/c1-9(8-19(2)18)13-12(17)14(7-11(15)16)10-5-3-4-6-10/h9-10H,3-8H2,1-2H3,(H,13,17)(H,15,16). The predicted molar refractivity (Wildman–Crippen MR) is 73.5 cm³/mol. The molecule has 0 aromatic heterocycles. The van der Waals surface area contributed by atoms with Crippen LogP contribution in [-0.4, -0.2) is 56.9 Å². The second kappa shape index (κ2) is 7.47. The van der Waals surface area contributed by atoms with Crippen molar-refractivity contribution in [2.75, 3.05) is 18.6 Å². The molecule has 0 aromatic carbocycles. The number of carboxylic acids is 1. The number of hydrogen-bond donors (Lipinski definition) is 2. The van der Waals surface area contributed by atoms with E-state index in [2.05, 4.69) is 5.32 Å². The average Bonchev–Trinajstić information content (AvgIpc) is 2.77. The minimum Gasteiger partial charge on any atom is -0.480 e. The van der Waals surface area contributed by atoms with E-state index in [-0.39, 0.29) is 24.7 Å². The van der Waals surface area contributed by atoms with E-state index in [1.807, 2.05) is 0 Å². The predicted octanol–water partition coefficient (Wildman–Crippen LogP) is 0.792. The van der Waals surface area contributed by atoms with Crippen LogP contribution in [0.15, 0.2) is 0 Å². The molecule has 2 amide bonds. The highest BCUT2D eigenvalue weighted by molar-refractivity contribution is 7.84. The molecule has 19 heavy (non-hydrogen) atoms. The quantitative estimate of drug-likeness (QED) is 0.757. The number of carboxylic acid groups (broad SMARTS) is 1. The minimum atomic E-state index is -1.01. The Kier molecular flexibility index (Phi) is 6.27. The van der Waals surface area contributed by atoms with Gasteiger partial charge in [-0.2, -0.15) is 0 Å². The van der Waals surface area contributed by atoms with E-state index < -0.39 is 16.8 Å². The van der Waals surface area contributed by atoms with Gasteiger partial charge in [0.2, 0.25) is 0 Å². The molecule has 0 bridgehead atoms. The zero-order valence-electron chi connectivity index (χ0n) is 11.4. The number of rotatable bonds is 6. The Bertz CT molecular complexity index is 356. The van der Waals surface area contributed by atoms with Crippen molar-refractivity contribution in [3.8, 4) is 0 Å². The third kappa shape index (κ3) is 5.59. The molecular weight excluding hydrogens is 268 g/mol. The normalized spacial score (nSPS) is 18.8. The van der Waals surface area contributed by atoms with Gasteiger partial charge in [-0.1, -0.05) is 12.8 Å². The second-order valence-electron chi connectivity index (χ2n) is 5.05. The van der Waals surface area contributed by atoms with Crippen molar-refractivity contribution < 1.29 is 18.9 Å². The van der Waals surface area contributed by atoms with E-state index in [1.54, 1.807) is 13.2 Å². The molecule has 1 aliphatic carbocycles. The van der Waals surface area contributed by atoms with Crippen LogP contribution in [0.1, 0.15) is 32.6 Å². The fourth-order valence-corrected chi connectivity index (χ4v) is 3.20. The number of aliphatic carboxylic acids is 1. The van der Waals surface area contributed by atoms with E-state index in [4.69, 9.17) is 5.11 Å². The van der Waals surface area contributed by atoms with Gasteiger partial charge >= 0.3 is 12.0 Å². The Hall–Kier alpha value is -1.11. The molecule has 6 nitrogen and oxygen atoms in total. The Balaban J connectivity index is 2.60. The molecule has 110 valence electrons. The summed E-state index contributed by atoms with van der Waals surface area (Å²) in [6, 6.07) is -0.585. The summed E-state index contributed by atoms with van der Waals surface area (Å²) in [6.45, 7) is 1.49. The van der Waals surface area contributed by atoms with Crippen LogP contribution in [-0.2, 0) is 15.6 Å². The van der Waals surface area contributed by atoms with Crippen molar-refractivity contribution in [3.63, 3.8) is 0 Å². The number of nitrogens with one attached hydrogen (secondary N) is 1. The number of carbonyl (C=O) groups is 2. The van der Waals surface area contributed by atoms with E-state index in [0.717, 1.165) is 25.7 Å². The molecule has 7 heteroatoms. The summed E-state index contributed by atoms with van der Waals surface area (Å²) < 4.78 is 11.1. The van der Waals surface area contributed by atoms with Crippen LogP contribution in [0.5, 0.6) is 0 Å². The van der Waals surface area contributed by atoms with Gasteiger partial charge in [-0.25, -0.2) is 4.79 Å². The molecule has 0 saturated heterocycles. The van der Waals surface area contributed by atoms with Crippen molar-refractivity contribution in [1.29, 1.82) is 0 Å². The van der Waals surface area contributed by atoms with E-state index >= 15 is 0 Å². The molecule has 0 aliphatic heterocycles. The van der Waals surface area contributed by atoms with Crippen molar-refractivity contribution in [1.82, 2.24) is 10.2 Å². The van der Waals surface area contributed by atoms with Gasteiger partial charge < -0.3 is 15.3 Å². The third-order valence-electron chi connectivity index (χ3n) is 3.19. The minimum absolute atomic E-state index is 0.00965. The van der Waals surface area contributed by atoms with Gasteiger partial charge in [0.25, 0.3) is 0 Å². The lowest BCUT2D eigenvalue weighted by molar-refractivity contribution is -0.138. The Morgan fingerprint density at radius 2 is 2.00 bits per heavy atom. The van der Waals surface area contributed by atoms with E-state index in [9.17, 15) is 13.8 Å². The van der Waals surface area contributed by atoms with Crippen LogP contribution in [0.25, 0.3) is 0 Å². The van der Waals surface area contributed by atoms with E-state index in [0.29, 0.717) is 5.75 Å². The molecular formula is C12H22N2O4S. The van der Waals surface area contributed by atoms with Gasteiger partial charge in [-0.15, -0.1) is 0 Å². The maximum Gasteiger partial charge on any atom is 0.323 e. The fourth-order valence-electron chi connectivity index (χ4n) is 2.42. The van der Waals surface area contributed by atoms with Crippen molar-refractivity contribution in [2.45, 2.75) is 44.7 Å². The monoisotopic (exact) mass is 290 g/mol. The van der Waals surface area contributed by atoms with Crippen molar-refractivity contribution in [2.24, 2.45) is 0 Å². The molecule has 0 radical (unpaired) electrons. The van der Waals surface area contributed by atoms with Gasteiger partial charge in [0.05, 0.1) is 0 Å². The molecule has 1 aliphatic rings. The van der Waals surface area contributed by atoms with Gasteiger partial charge in [0, 0.05) is 34.9 Å². The van der Waals surface area contributed by atoms with Gasteiger partial charge in [-0.05, 0) is 19.8 Å². The van der Waals surface area contributed by atoms with Crippen LogP contribution >= 0.6 is 0 Å². The molecule has 1 fully saturated rings. The maximum atomic E-state index is 12.1. The topological polar surface area (TPSA) is 86.7 Å². The number of carbonyl (C=O) groups excluding carboxylic acids is 1. The molecule has 0 spiro atoms. The summed E-state index contributed by atoms with van der Waals surface area (Å²) in [7, 11) is -0.988. The highest BCUT2D eigenvalue weighted by Gasteiger charge is 2.28. The van der Waals surface area contributed by atoms with Crippen molar-refractivity contribution in [3.05, 3.63) is 0 Å². The molecule has 2 N–H and O–H groups in total. The number of urea groups is 1. The molecule has 2 atom stereocenters. The molecule has 1 rings (SSSR count). The van der Waals surface area contributed by atoms with E-state index in [1.165, 1.54) is 4.90 Å². The number of amides is 2. The largest absolute Gasteiger partial charge is 0.480 e. The first-order valence-corrected chi connectivity index (χ1v) is 8.21. The second-order valence-corrected chi connectivity index (χ2v) is 6.53. The summed E-state index contributed by atoms with van der Waals surface area (Å²) in [5, 5.41) is 11.6. The summed E-state index contributed by atoms with van der Waals surface area (Å²) >= 11 is 0. The highest BCUT2D eigenvalue weighted by Crippen LogP contribution is 2.23. The van der Waals surface area contributed by atoms with Crippen molar-refractivity contribution >= 4 is 22.8 Å². The third-order valence-corrected chi connectivity index (χ3v) is 4.16. The average molecular weight is 290 g/mol. The Labute approximate surface area is 116 Å². The molecule has 0 aromatic rings. The molecule has 0 heterocycles. The first-order valence-electron chi connectivity index (χ1n) is 6.49. The van der Waals surface area contributed by atoms with Gasteiger partial charge in [0.15, 0.2) is 0 Å². The van der Waals surface area contributed by atoms with Crippen LogP contribution in [0.3, 0.4) is 0 Å². The summed E-state index contributed by atoms with van der Waals surface area (Å²) in [5.74, 6) is -0.633. The maximum absolute atomic E-state index is 12.1. The number of nitrogens with zero attached hydrogens (tertiary/aromatic N) is 1. The molecule has 2 unspecified atom stereocenters. The number of hydrogen-bond acceptors (Lipinski definition) is 3. The van der Waals surface area contributed by atoms with Crippen LogP contribution < -0.4 is 5.32 Å². The zero-order chi connectivity index (χ0) is 14.4. The van der Waals surface area contributed by atoms with Gasteiger partial charge in [0.1, 0.15) is 6.54 Å². The summed E-state index contributed by atoms with van der Waals surface area (Å²) in [5.41, 5.74) is 0. The molecule has 1 saturated carbocycles. The fraction of sp³-hybridized carbons (Fsp3) is 0.833.